The third-order valence-electron chi connectivity index (χ3n) is 2.67. The second-order valence-electron chi connectivity index (χ2n) is 4.97. The standard InChI is InChI=1S/C13H14BrNO/c1-13(2,3)11-7-15-12(16)9-5-4-8(14)6-10(9)11/h4-7H,1-3H3,(H,15,16). The molecule has 0 radical (unpaired) electrons. The second kappa shape index (κ2) is 3.74. The number of benzene rings is 1. The van der Waals surface area contributed by atoms with Gasteiger partial charge in [0.15, 0.2) is 0 Å². The van der Waals surface area contributed by atoms with Crippen molar-refractivity contribution in [2.45, 2.75) is 26.2 Å². The number of pyridine rings is 1. The van der Waals surface area contributed by atoms with Crippen LogP contribution in [0.5, 0.6) is 0 Å². The van der Waals surface area contributed by atoms with E-state index in [1.54, 1.807) is 0 Å². The van der Waals surface area contributed by atoms with Gasteiger partial charge in [-0.2, -0.15) is 0 Å². The number of hydrogen-bond acceptors (Lipinski definition) is 1. The lowest BCUT2D eigenvalue weighted by atomic mass is 9.85. The summed E-state index contributed by atoms with van der Waals surface area (Å²) in [7, 11) is 0. The maximum Gasteiger partial charge on any atom is 0.255 e. The van der Waals surface area contributed by atoms with E-state index in [4.69, 9.17) is 0 Å². The largest absolute Gasteiger partial charge is 0.328 e. The molecule has 0 fully saturated rings. The van der Waals surface area contributed by atoms with E-state index in [2.05, 4.69) is 41.7 Å². The molecule has 84 valence electrons. The molecule has 0 amide bonds. The molecule has 0 atom stereocenters. The van der Waals surface area contributed by atoms with Crippen LogP contribution in [0.15, 0.2) is 33.7 Å². The van der Waals surface area contributed by atoms with Gasteiger partial charge in [-0.05, 0) is 34.6 Å². The fraction of sp³-hybridized carbons (Fsp3) is 0.308. The van der Waals surface area contributed by atoms with Gasteiger partial charge in [0.05, 0.1) is 0 Å². The molecule has 2 aromatic rings. The minimum absolute atomic E-state index is 0.0171. The predicted octanol–water partition coefficient (Wildman–Crippen LogP) is 3.59. The molecule has 0 saturated heterocycles. The zero-order valence-electron chi connectivity index (χ0n) is 9.60. The molecule has 1 aromatic heterocycles. The Bertz CT molecular complexity index is 593. The summed E-state index contributed by atoms with van der Waals surface area (Å²) < 4.78 is 0.996. The Balaban J connectivity index is 2.92. The first-order chi connectivity index (χ1) is 7.39. The third-order valence-corrected chi connectivity index (χ3v) is 3.17. The number of H-pyrrole nitrogens is 1. The lowest BCUT2D eigenvalue weighted by Crippen LogP contribution is -2.16. The molecule has 0 aliphatic carbocycles. The van der Waals surface area contributed by atoms with Crippen LogP contribution in [-0.2, 0) is 5.41 Å². The van der Waals surface area contributed by atoms with Crippen molar-refractivity contribution in [2.24, 2.45) is 0 Å². The van der Waals surface area contributed by atoms with Crippen molar-refractivity contribution in [3.05, 3.63) is 44.8 Å². The first-order valence-electron chi connectivity index (χ1n) is 5.21. The molecule has 2 nitrogen and oxygen atoms in total. The van der Waals surface area contributed by atoms with Crippen LogP contribution in [0.25, 0.3) is 10.8 Å². The highest BCUT2D eigenvalue weighted by Gasteiger charge is 2.17. The van der Waals surface area contributed by atoms with Crippen LogP contribution in [0.3, 0.4) is 0 Å². The summed E-state index contributed by atoms with van der Waals surface area (Å²) in [6, 6.07) is 5.75. The van der Waals surface area contributed by atoms with Gasteiger partial charge in [0, 0.05) is 16.1 Å². The van der Waals surface area contributed by atoms with Crippen molar-refractivity contribution >= 4 is 26.7 Å². The van der Waals surface area contributed by atoms with E-state index in [1.807, 2.05) is 24.4 Å². The first-order valence-corrected chi connectivity index (χ1v) is 6.00. The quantitative estimate of drug-likeness (QED) is 0.786. The fourth-order valence-corrected chi connectivity index (χ4v) is 2.21. The van der Waals surface area contributed by atoms with Gasteiger partial charge in [-0.25, -0.2) is 0 Å². The first kappa shape index (κ1) is 11.4. The molecule has 1 N–H and O–H groups in total. The molecule has 1 heterocycles. The van der Waals surface area contributed by atoms with Crippen LogP contribution in [0.2, 0.25) is 0 Å². The van der Waals surface area contributed by atoms with Crippen molar-refractivity contribution in [1.82, 2.24) is 4.98 Å². The predicted molar refractivity (Wildman–Crippen MR) is 71.0 cm³/mol. The molecule has 1 aromatic carbocycles. The Morgan fingerprint density at radius 2 is 1.88 bits per heavy atom. The van der Waals surface area contributed by atoms with E-state index < -0.39 is 0 Å². The lowest BCUT2D eigenvalue weighted by Gasteiger charge is -2.20. The van der Waals surface area contributed by atoms with Crippen molar-refractivity contribution in [3.63, 3.8) is 0 Å². The Morgan fingerprint density at radius 1 is 1.19 bits per heavy atom. The molecular weight excluding hydrogens is 266 g/mol. The molecular formula is C13H14BrNO. The minimum atomic E-state index is -0.0319. The average Bonchev–Trinajstić information content (AvgIpc) is 2.15. The average molecular weight is 280 g/mol. The van der Waals surface area contributed by atoms with Gasteiger partial charge < -0.3 is 4.98 Å². The monoisotopic (exact) mass is 279 g/mol. The van der Waals surface area contributed by atoms with E-state index in [9.17, 15) is 4.79 Å². The molecule has 3 heteroatoms. The Hall–Kier alpha value is -1.09. The van der Waals surface area contributed by atoms with Gasteiger partial charge >= 0.3 is 0 Å². The topological polar surface area (TPSA) is 32.9 Å². The van der Waals surface area contributed by atoms with Crippen LogP contribution >= 0.6 is 15.9 Å². The van der Waals surface area contributed by atoms with E-state index in [-0.39, 0.29) is 11.0 Å². The summed E-state index contributed by atoms with van der Waals surface area (Å²) >= 11 is 3.45. The summed E-state index contributed by atoms with van der Waals surface area (Å²) in [5.74, 6) is 0. The summed E-state index contributed by atoms with van der Waals surface area (Å²) in [4.78, 5) is 14.5. The third kappa shape index (κ3) is 1.92. The SMILES string of the molecule is CC(C)(C)c1c[nH]c(=O)c2ccc(Br)cc12. The van der Waals surface area contributed by atoms with E-state index in [0.29, 0.717) is 0 Å². The van der Waals surface area contributed by atoms with Gasteiger partial charge in [-0.1, -0.05) is 36.7 Å². The van der Waals surface area contributed by atoms with Crippen LogP contribution in [0.1, 0.15) is 26.3 Å². The van der Waals surface area contributed by atoms with Gasteiger partial charge in [0.1, 0.15) is 0 Å². The Labute approximate surface area is 103 Å². The smallest absolute Gasteiger partial charge is 0.255 e. The molecule has 0 bridgehead atoms. The number of aromatic amines is 1. The van der Waals surface area contributed by atoms with Crippen LogP contribution < -0.4 is 5.56 Å². The van der Waals surface area contributed by atoms with Gasteiger partial charge in [-0.15, -0.1) is 0 Å². The molecule has 0 saturated carbocycles. The summed E-state index contributed by atoms with van der Waals surface area (Å²) in [6.07, 6.45) is 1.82. The van der Waals surface area contributed by atoms with Gasteiger partial charge in [-0.3, -0.25) is 4.79 Å². The number of hydrogen-bond donors (Lipinski definition) is 1. The fourth-order valence-electron chi connectivity index (χ4n) is 1.85. The minimum Gasteiger partial charge on any atom is -0.328 e. The van der Waals surface area contributed by atoms with Crippen molar-refractivity contribution in [2.75, 3.05) is 0 Å². The molecule has 16 heavy (non-hydrogen) atoms. The molecule has 0 aliphatic heterocycles. The maximum atomic E-state index is 11.7. The maximum absolute atomic E-state index is 11.7. The molecule has 2 rings (SSSR count). The number of aromatic nitrogens is 1. The Morgan fingerprint density at radius 3 is 2.50 bits per heavy atom. The number of fused-ring (bicyclic) bond motifs is 1. The van der Waals surface area contributed by atoms with Crippen LogP contribution in [0.4, 0.5) is 0 Å². The van der Waals surface area contributed by atoms with E-state index >= 15 is 0 Å². The van der Waals surface area contributed by atoms with Gasteiger partial charge in [0.2, 0.25) is 0 Å². The van der Waals surface area contributed by atoms with Crippen molar-refractivity contribution < 1.29 is 0 Å². The van der Waals surface area contributed by atoms with Crippen molar-refractivity contribution in [3.8, 4) is 0 Å². The Kier molecular flexibility index (Phi) is 2.66. The molecule has 0 aliphatic rings. The number of halogens is 1. The molecule has 0 spiro atoms. The summed E-state index contributed by atoms with van der Waals surface area (Å²) in [6.45, 7) is 6.42. The highest BCUT2D eigenvalue weighted by molar-refractivity contribution is 9.10. The zero-order chi connectivity index (χ0) is 11.9. The number of rotatable bonds is 0. The summed E-state index contributed by atoms with van der Waals surface area (Å²) in [5.41, 5.74) is 1.14. The lowest BCUT2D eigenvalue weighted by molar-refractivity contribution is 0.593. The normalized spacial score (nSPS) is 12.0. The van der Waals surface area contributed by atoms with Gasteiger partial charge in [0.25, 0.3) is 5.56 Å². The zero-order valence-corrected chi connectivity index (χ0v) is 11.2. The van der Waals surface area contributed by atoms with E-state index in [1.165, 1.54) is 0 Å². The highest BCUT2D eigenvalue weighted by atomic mass is 79.9. The summed E-state index contributed by atoms with van der Waals surface area (Å²) in [5, 5.41) is 1.77. The van der Waals surface area contributed by atoms with Crippen molar-refractivity contribution in [1.29, 1.82) is 0 Å². The van der Waals surface area contributed by atoms with Crippen LogP contribution in [0, 0.1) is 0 Å². The van der Waals surface area contributed by atoms with E-state index in [0.717, 1.165) is 20.8 Å². The van der Waals surface area contributed by atoms with Crippen LogP contribution in [-0.4, -0.2) is 4.98 Å². The molecule has 0 unspecified atom stereocenters. The number of nitrogens with one attached hydrogen (secondary N) is 1. The highest BCUT2D eigenvalue weighted by Crippen LogP contribution is 2.29. The second-order valence-corrected chi connectivity index (χ2v) is 5.89.